The molecular formula is C16H21Cl2NOS. The average Bonchev–Trinajstić information content (AvgIpc) is 2.91. The van der Waals surface area contributed by atoms with E-state index >= 15 is 0 Å². The fourth-order valence-electron chi connectivity index (χ4n) is 2.64. The average molecular weight is 346 g/mol. The topological polar surface area (TPSA) is 29.1 Å². The molecule has 1 N–H and O–H groups in total. The van der Waals surface area contributed by atoms with Crippen molar-refractivity contribution in [1.29, 1.82) is 0 Å². The van der Waals surface area contributed by atoms with Gasteiger partial charge in [-0.05, 0) is 44.4 Å². The van der Waals surface area contributed by atoms with Crippen LogP contribution >= 0.6 is 35.0 Å². The molecule has 0 unspecified atom stereocenters. The number of hydrogen-bond acceptors (Lipinski definition) is 2. The molecular weight excluding hydrogens is 325 g/mol. The van der Waals surface area contributed by atoms with E-state index in [9.17, 15) is 4.79 Å². The van der Waals surface area contributed by atoms with Crippen LogP contribution in [0.1, 0.15) is 51.1 Å². The summed E-state index contributed by atoms with van der Waals surface area (Å²) >= 11 is 13.9. The van der Waals surface area contributed by atoms with Gasteiger partial charge in [-0.3, -0.25) is 4.79 Å². The maximum atomic E-state index is 12.3. The molecule has 0 bridgehead atoms. The fraction of sp³-hybridized carbons (Fsp3) is 0.562. The molecule has 1 aromatic carbocycles. The Morgan fingerprint density at radius 3 is 2.57 bits per heavy atom. The van der Waals surface area contributed by atoms with Crippen molar-refractivity contribution in [2.24, 2.45) is 0 Å². The molecule has 0 spiro atoms. The zero-order chi connectivity index (χ0) is 15.4. The Bertz CT molecular complexity index is 503. The fourth-order valence-corrected chi connectivity index (χ4v) is 4.58. The lowest BCUT2D eigenvalue weighted by Crippen LogP contribution is -2.34. The Morgan fingerprint density at radius 1 is 1.29 bits per heavy atom. The van der Waals surface area contributed by atoms with E-state index in [2.05, 4.69) is 5.32 Å². The van der Waals surface area contributed by atoms with Gasteiger partial charge >= 0.3 is 0 Å². The molecule has 21 heavy (non-hydrogen) atoms. The molecule has 116 valence electrons. The van der Waals surface area contributed by atoms with Crippen LogP contribution in [0.4, 0.5) is 0 Å². The van der Waals surface area contributed by atoms with Crippen molar-refractivity contribution in [3.8, 4) is 0 Å². The number of amides is 1. The SMILES string of the molecule is C[C@H](SC1CCCC1)C(=O)N[C@@H](C)c1ccc(Cl)cc1Cl. The minimum atomic E-state index is -0.117. The lowest BCUT2D eigenvalue weighted by molar-refractivity contribution is -0.120. The van der Waals surface area contributed by atoms with E-state index in [1.54, 1.807) is 23.9 Å². The van der Waals surface area contributed by atoms with E-state index in [1.807, 2.05) is 19.9 Å². The molecule has 5 heteroatoms. The normalized spacial score (nSPS) is 18.5. The molecule has 0 aliphatic heterocycles. The Labute approximate surface area is 141 Å². The van der Waals surface area contributed by atoms with Crippen molar-refractivity contribution >= 4 is 40.9 Å². The van der Waals surface area contributed by atoms with Crippen molar-refractivity contribution in [3.05, 3.63) is 33.8 Å². The molecule has 0 saturated heterocycles. The number of nitrogens with one attached hydrogen (secondary N) is 1. The van der Waals surface area contributed by atoms with Crippen LogP contribution < -0.4 is 5.32 Å². The van der Waals surface area contributed by atoms with Gasteiger partial charge < -0.3 is 5.32 Å². The van der Waals surface area contributed by atoms with E-state index in [0.717, 1.165) is 5.56 Å². The number of carbonyl (C=O) groups is 1. The third-order valence-electron chi connectivity index (χ3n) is 3.86. The van der Waals surface area contributed by atoms with Crippen LogP contribution in [0.5, 0.6) is 0 Å². The van der Waals surface area contributed by atoms with Crippen LogP contribution in [-0.2, 0) is 4.79 Å². The van der Waals surface area contributed by atoms with Crippen LogP contribution in [0.2, 0.25) is 10.0 Å². The smallest absolute Gasteiger partial charge is 0.233 e. The van der Waals surface area contributed by atoms with Crippen molar-refractivity contribution in [2.45, 2.75) is 56.1 Å². The first-order valence-electron chi connectivity index (χ1n) is 7.38. The highest BCUT2D eigenvalue weighted by Gasteiger charge is 2.23. The van der Waals surface area contributed by atoms with E-state index < -0.39 is 0 Å². The summed E-state index contributed by atoms with van der Waals surface area (Å²) in [7, 11) is 0. The molecule has 2 atom stereocenters. The Balaban J connectivity index is 1.91. The van der Waals surface area contributed by atoms with Gasteiger partial charge in [0.1, 0.15) is 0 Å². The van der Waals surface area contributed by atoms with Gasteiger partial charge in [-0.2, -0.15) is 0 Å². The molecule has 1 amide bonds. The van der Waals surface area contributed by atoms with Gasteiger partial charge in [-0.25, -0.2) is 0 Å². The molecule has 2 rings (SSSR count). The Morgan fingerprint density at radius 2 is 1.95 bits per heavy atom. The second-order valence-electron chi connectivity index (χ2n) is 5.58. The van der Waals surface area contributed by atoms with E-state index in [-0.39, 0.29) is 17.2 Å². The predicted molar refractivity (Wildman–Crippen MR) is 92.3 cm³/mol. The lowest BCUT2D eigenvalue weighted by Gasteiger charge is -2.20. The van der Waals surface area contributed by atoms with Crippen LogP contribution in [0, 0.1) is 0 Å². The first-order chi connectivity index (χ1) is 9.97. The van der Waals surface area contributed by atoms with Gasteiger partial charge in [0.05, 0.1) is 11.3 Å². The van der Waals surface area contributed by atoms with E-state index in [4.69, 9.17) is 23.2 Å². The summed E-state index contributed by atoms with van der Waals surface area (Å²) in [6, 6.07) is 5.25. The second-order valence-corrected chi connectivity index (χ2v) is 8.07. The number of rotatable bonds is 5. The van der Waals surface area contributed by atoms with Gasteiger partial charge in [-0.15, -0.1) is 11.8 Å². The maximum Gasteiger partial charge on any atom is 0.233 e. The number of carbonyl (C=O) groups excluding carboxylic acids is 1. The van der Waals surface area contributed by atoms with Crippen LogP contribution in [0.3, 0.4) is 0 Å². The van der Waals surface area contributed by atoms with Gasteiger partial charge in [0.15, 0.2) is 0 Å². The minimum Gasteiger partial charge on any atom is -0.349 e. The number of thioether (sulfide) groups is 1. The molecule has 2 nitrogen and oxygen atoms in total. The highest BCUT2D eigenvalue weighted by atomic mass is 35.5. The van der Waals surface area contributed by atoms with E-state index in [1.165, 1.54) is 25.7 Å². The van der Waals surface area contributed by atoms with Crippen molar-refractivity contribution in [3.63, 3.8) is 0 Å². The molecule has 0 aromatic heterocycles. The Kier molecular flexibility index (Phi) is 6.27. The monoisotopic (exact) mass is 345 g/mol. The standard InChI is InChI=1S/C16H21Cl2NOS/c1-10(14-8-7-12(17)9-15(14)18)19-16(20)11(2)21-13-5-3-4-6-13/h7-11,13H,3-6H2,1-2H3,(H,19,20)/t10-,11-/m0/s1. The third-order valence-corrected chi connectivity index (χ3v) is 5.90. The van der Waals surface area contributed by atoms with Crippen LogP contribution in [-0.4, -0.2) is 16.4 Å². The number of benzene rings is 1. The van der Waals surface area contributed by atoms with E-state index in [0.29, 0.717) is 15.3 Å². The summed E-state index contributed by atoms with van der Waals surface area (Å²) in [4.78, 5) is 12.3. The first kappa shape index (κ1) is 17.0. The molecule has 1 aromatic rings. The summed E-state index contributed by atoms with van der Waals surface area (Å²) < 4.78 is 0. The molecule has 1 saturated carbocycles. The number of halogens is 2. The summed E-state index contributed by atoms with van der Waals surface area (Å²) in [6.45, 7) is 3.93. The summed E-state index contributed by atoms with van der Waals surface area (Å²) in [6.07, 6.45) is 5.06. The summed E-state index contributed by atoms with van der Waals surface area (Å²) in [5.74, 6) is 0.0745. The Hall–Kier alpha value is -0.380. The maximum absolute atomic E-state index is 12.3. The molecule has 1 fully saturated rings. The van der Waals surface area contributed by atoms with Gasteiger partial charge in [-0.1, -0.05) is 42.1 Å². The van der Waals surface area contributed by atoms with Crippen molar-refractivity contribution in [1.82, 2.24) is 5.32 Å². The number of hydrogen-bond donors (Lipinski definition) is 1. The van der Waals surface area contributed by atoms with Crippen LogP contribution in [0.15, 0.2) is 18.2 Å². The highest BCUT2D eigenvalue weighted by Crippen LogP contribution is 2.32. The predicted octanol–water partition coefficient (Wildman–Crippen LogP) is 5.23. The molecule has 0 radical (unpaired) electrons. The molecule has 1 aliphatic carbocycles. The minimum absolute atomic E-state index is 0.0263. The summed E-state index contributed by atoms with van der Waals surface area (Å²) in [5.41, 5.74) is 0.896. The largest absolute Gasteiger partial charge is 0.349 e. The lowest BCUT2D eigenvalue weighted by atomic mass is 10.1. The van der Waals surface area contributed by atoms with Crippen molar-refractivity contribution < 1.29 is 4.79 Å². The van der Waals surface area contributed by atoms with Gasteiger partial charge in [0, 0.05) is 15.3 Å². The van der Waals surface area contributed by atoms with Gasteiger partial charge in [0.25, 0.3) is 0 Å². The highest BCUT2D eigenvalue weighted by molar-refractivity contribution is 8.01. The van der Waals surface area contributed by atoms with Gasteiger partial charge in [0.2, 0.25) is 5.91 Å². The van der Waals surface area contributed by atoms with Crippen LogP contribution in [0.25, 0.3) is 0 Å². The molecule has 0 heterocycles. The third kappa shape index (κ3) is 4.80. The first-order valence-corrected chi connectivity index (χ1v) is 9.08. The quantitative estimate of drug-likeness (QED) is 0.790. The summed E-state index contributed by atoms with van der Waals surface area (Å²) in [5, 5.41) is 4.85. The zero-order valence-electron chi connectivity index (χ0n) is 12.4. The van der Waals surface area contributed by atoms with Crippen molar-refractivity contribution in [2.75, 3.05) is 0 Å². The molecule has 1 aliphatic rings. The zero-order valence-corrected chi connectivity index (χ0v) is 14.7. The second kappa shape index (κ2) is 7.75.